The number of aldehydes is 1. The van der Waals surface area contributed by atoms with Crippen LogP contribution in [0.3, 0.4) is 0 Å². The highest BCUT2D eigenvalue weighted by atomic mass is 16.1. The van der Waals surface area contributed by atoms with Gasteiger partial charge < -0.3 is 0 Å². The van der Waals surface area contributed by atoms with E-state index in [0.29, 0.717) is 5.69 Å². The fourth-order valence-electron chi connectivity index (χ4n) is 4.34. The third-order valence-corrected chi connectivity index (χ3v) is 5.62. The topological polar surface area (TPSA) is 34.9 Å². The molecule has 0 fully saturated rings. The molecule has 5 rings (SSSR count). The van der Waals surface area contributed by atoms with Gasteiger partial charge in [0.25, 0.3) is 0 Å². The van der Waals surface area contributed by atoms with Gasteiger partial charge in [-0.1, -0.05) is 109 Å². The number of carbonyl (C=O) groups excluding carboxylic acids is 1. The molecule has 30 heavy (non-hydrogen) atoms. The molecular weight excluding hydrogens is 368 g/mol. The Bertz CT molecular complexity index is 1200. The van der Waals surface area contributed by atoms with E-state index in [-0.39, 0.29) is 0 Å². The average Bonchev–Trinajstić information content (AvgIpc) is 3.21. The summed E-state index contributed by atoms with van der Waals surface area (Å²) in [6.07, 6.45) is 0.838. The van der Waals surface area contributed by atoms with Gasteiger partial charge in [-0.2, -0.15) is 5.10 Å². The number of nitrogens with zero attached hydrogens (tertiary/aromatic N) is 2. The van der Waals surface area contributed by atoms with Gasteiger partial charge in [0.15, 0.2) is 6.29 Å². The fourth-order valence-corrected chi connectivity index (χ4v) is 4.34. The van der Waals surface area contributed by atoms with E-state index in [0.717, 1.165) is 33.9 Å². The van der Waals surface area contributed by atoms with Crippen LogP contribution >= 0.6 is 0 Å². The van der Waals surface area contributed by atoms with Gasteiger partial charge in [0.2, 0.25) is 0 Å². The van der Waals surface area contributed by atoms with Crippen LogP contribution in [0.1, 0.15) is 27.2 Å². The van der Waals surface area contributed by atoms with Gasteiger partial charge in [0.05, 0.1) is 5.52 Å². The van der Waals surface area contributed by atoms with Crippen LogP contribution in [0.4, 0.5) is 0 Å². The molecule has 0 radical (unpaired) electrons. The second kappa shape index (κ2) is 7.45. The standard InChI is InChI=1S/C27H20N2O/c30-20-25-24-18-10-11-19-26(24)29(28-25)27(21-12-4-1-5-13-21,22-14-6-2-7-15-22)23-16-8-3-9-17-23/h1-20H. The Morgan fingerprint density at radius 2 is 1.03 bits per heavy atom. The number of para-hydroxylation sites is 1. The molecule has 0 aliphatic rings. The second-order valence-electron chi connectivity index (χ2n) is 7.24. The van der Waals surface area contributed by atoms with E-state index < -0.39 is 5.54 Å². The Hall–Kier alpha value is -3.98. The van der Waals surface area contributed by atoms with Crippen LogP contribution in [0, 0.1) is 0 Å². The molecule has 0 aliphatic heterocycles. The van der Waals surface area contributed by atoms with Crippen molar-refractivity contribution >= 4 is 17.2 Å². The minimum atomic E-state index is -0.732. The summed E-state index contributed by atoms with van der Waals surface area (Å²) < 4.78 is 2.01. The summed E-state index contributed by atoms with van der Waals surface area (Å²) in [4.78, 5) is 11.9. The van der Waals surface area contributed by atoms with Crippen molar-refractivity contribution in [3.05, 3.63) is 138 Å². The van der Waals surface area contributed by atoms with Crippen molar-refractivity contribution in [2.75, 3.05) is 0 Å². The second-order valence-corrected chi connectivity index (χ2v) is 7.24. The van der Waals surface area contributed by atoms with Gasteiger partial charge in [-0.3, -0.25) is 4.79 Å². The van der Waals surface area contributed by atoms with E-state index in [1.807, 2.05) is 83.5 Å². The van der Waals surface area contributed by atoms with E-state index in [2.05, 4.69) is 36.4 Å². The van der Waals surface area contributed by atoms with Crippen molar-refractivity contribution in [2.45, 2.75) is 5.54 Å². The van der Waals surface area contributed by atoms with Gasteiger partial charge in [-0.25, -0.2) is 4.68 Å². The number of hydrogen-bond acceptors (Lipinski definition) is 2. The van der Waals surface area contributed by atoms with Crippen LogP contribution in [0.5, 0.6) is 0 Å². The highest BCUT2D eigenvalue weighted by Crippen LogP contribution is 2.42. The van der Waals surface area contributed by atoms with Gasteiger partial charge in [0.1, 0.15) is 11.2 Å². The Balaban J connectivity index is 2.00. The molecular formula is C27H20N2O. The van der Waals surface area contributed by atoms with Gasteiger partial charge >= 0.3 is 0 Å². The van der Waals surface area contributed by atoms with Crippen LogP contribution in [0.2, 0.25) is 0 Å². The number of fused-ring (bicyclic) bond motifs is 1. The van der Waals surface area contributed by atoms with E-state index in [1.54, 1.807) is 0 Å². The third kappa shape index (κ3) is 2.67. The summed E-state index contributed by atoms with van der Waals surface area (Å²) in [5.41, 5.74) is 3.85. The summed E-state index contributed by atoms with van der Waals surface area (Å²) in [6, 6.07) is 39.0. The zero-order chi connectivity index (χ0) is 20.4. The SMILES string of the molecule is O=Cc1nn(C(c2ccccc2)(c2ccccc2)c2ccccc2)c2ccccc12. The zero-order valence-corrected chi connectivity index (χ0v) is 16.3. The Morgan fingerprint density at radius 1 is 0.600 bits per heavy atom. The van der Waals surface area contributed by atoms with Crippen molar-refractivity contribution in [3.8, 4) is 0 Å². The predicted molar refractivity (Wildman–Crippen MR) is 120 cm³/mol. The van der Waals surface area contributed by atoms with E-state index >= 15 is 0 Å². The first-order valence-electron chi connectivity index (χ1n) is 9.95. The van der Waals surface area contributed by atoms with Crippen molar-refractivity contribution in [1.29, 1.82) is 0 Å². The van der Waals surface area contributed by atoms with E-state index in [9.17, 15) is 4.79 Å². The first kappa shape index (κ1) is 18.1. The molecule has 3 heteroatoms. The number of hydrogen-bond donors (Lipinski definition) is 0. The van der Waals surface area contributed by atoms with Crippen molar-refractivity contribution in [1.82, 2.24) is 9.78 Å². The molecule has 5 aromatic rings. The monoisotopic (exact) mass is 388 g/mol. The van der Waals surface area contributed by atoms with Crippen LogP contribution in [0.15, 0.2) is 115 Å². The minimum absolute atomic E-state index is 0.442. The number of benzene rings is 4. The number of carbonyl (C=O) groups is 1. The molecule has 3 nitrogen and oxygen atoms in total. The van der Waals surface area contributed by atoms with Crippen molar-refractivity contribution in [2.24, 2.45) is 0 Å². The molecule has 0 spiro atoms. The van der Waals surface area contributed by atoms with E-state index in [4.69, 9.17) is 5.10 Å². The molecule has 0 amide bonds. The maximum atomic E-state index is 11.9. The largest absolute Gasteiger partial charge is 0.296 e. The highest BCUT2D eigenvalue weighted by molar-refractivity contribution is 5.95. The summed E-state index contributed by atoms with van der Waals surface area (Å²) in [7, 11) is 0. The lowest BCUT2D eigenvalue weighted by molar-refractivity contribution is 0.111. The lowest BCUT2D eigenvalue weighted by Crippen LogP contribution is -2.38. The molecule has 1 aromatic heterocycles. The smallest absolute Gasteiger partial charge is 0.170 e. The summed E-state index contributed by atoms with van der Waals surface area (Å²) in [6.45, 7) is 0. The van der Waals surface area contributed by atoms with Gasteiger partial charge in [-0.15, -0.1) is 0 Å². The van der Waals surface area contributed by atoms with Crippen LogP contribution in [0.25, 0.3) is 10.9 Å². The summed E-state index contributed by atoms with van der Waals surface area (Å²) in [5, 5.41) is 5.70. The molecule has 0 bridgehead atoms. The third-order valence-electron chi connectivity index (χ3n) is 5.62. The predicted octanol–water partition coefficient (Wildman–Crippen LogP) is 5.69. The fraction of sp³-hybridized carbons (Fsp3) is 0.0370. The minimum Gasteiger partial charge on any atom is -0.296 e. The first-order valence-corrected chi connectivity index (χ1v) is 9.95. The van der Waals surface area contributed by atoms with E-state index in [1.165, 1.54) is 0 Å². The molecule has 1 heterocycles. The lowest BCUT2D eigenvalue weighted by Gasteiger charge is -2.37. The maximum absolute atomic E-state index is 11.9. The van der Waals surface area contributed by atoms with Crippen LogP contribution in [-0.2, 0) is 5.54 Å². The average molecular weight is 388 g/mol. The van der Waals surface area contributed by atoms with Gasteiger partial charge in [0, 0.05) is 5.39 Å². The van der Waals surface area contributed by atoms with Crippen molar-refractivity contribution < 1.29 is 4.79 Å². The highest BCUT2D eigenvalue weighted by Gasteiger charge is 2.40. The van der Waals surface area contributed by atoms with Crippen LogP contribution < -0.4 is 0 Å². The van der Waals surface area contributed by atoms with Crippen LogP contribution in [-0.4, -0.2) is 16.1 Å². The summed E-state index contributed by atoms with van der Waals surface area (Å²) in [5.74, 6) is 0. The number of aromatic nitrogens is 2. The molecule has 0 unspecified atom stereocenters. The quantitative estimate of drug-likeness (QED) is 0.286. The Labute approximate surface area is 175 Å². The Morgan fingerprint density at radius 3 is 1.50 bits per heavy atom. The zero-order valence-electron chi connectivity index (χ0n) is 16.3. The molecule has 4 aromatic carbocycles. The lowest BCUT2D eigenvalue weighted by atomic mass is 9.77. The molecule has 0 N–H and O–H groups in total. The normalized spacial score (nSPS) is 11.5. The first-order chi connectivity index (χ1) is 14.9. The van der Waals surface area contributed by atoms with Crippen molar-refractivity contribution in [3.63, 3.8) is 0 Å². The molecule has 0 saturated heterocycles. The summed E-state index contributed by atoms with van der Waals surface area (Å²) >= 11 is 0. The Kier molecular flexibility index (Phi) is 4.49. The molecule has 0 atom stereocenters. The molecule has 144 valence electrons. The van der Waals surface area contributed by atoms with Gasteiger partial charge in [-0.05, 0) is 22.8 Å². The maximum Gasteiger partial charge on any atom is 0.170 e. The molecule has 0 saturated carbocycles. The number of rotatable bonds is 5. The molecule has 0 aliphatic carbocycles.